The molecular formula is C25H24ClN5O4. The van der Waals surface area contributed by atoms with Crippen molar-refractivity contribution in [2.45, 2.75) is 44.8 Å². The van der Waals surface area contributed by atoms with E-state index in [1.807, 2.05) is 44.2 Å². The molecule has 4 amide bonds. The Morgan fingerprint density at radius 2 is 1.91 bits per heavy atom. The van der Waals surface area contributed by atoms with Gasteiger partial charge in [0.25, 0.3) is 5.91 Å². The Kier molecular flexibility index (Phi) is 5.80. The minimum absolute atomic E-state index is 0.0333. The third-order valence-electron chi connectivity index (χ3n) is 6.54. The second-order valence-electron chi connectivity index (χ2n) is 8.98. The van der Waals surface area contributed by atoms with Crippen LogP contribution in [-0.4, -0.2) is 50.4 Å². The molecule has 2 aromatic carbocycles. The second-order valence-corrected chi connectivity index (χ2v) is 9.39. The fraction of sp³-hybridized carbons (Fsp3) is 0.320. The standard InChI is InChI=1S/C25H24ClN5O4/c1-15(2)30(13-20-28-29-22(35-20)17-8-4-6-10-19(17)26)21(32)14-31-23(33)25(27-24(31)34)12-11-16-7-3-5-9-18(16)25/h3-10,15H,11-14H2,1-2H3,(H,27,34). The highest BCUT2D eigenvalue weighted by molar-refractivity contribution is 6.33. The van der Waals surface area contributed by atoms with Crippen LogP contribution in [0.5, 0.6) is 0 Å². The van der Waals surface area contributed by atoms with Crippen LogP contribution in [0.25, 0.3) is 11.5 Å². The Labute approximate surface area is 207 Å². The maximum absolute atomic E-state index is 13.4. The molecule has 1 aromatic heterocycles. The Morgan fingerprint density at radius 1 is 1.17 bits per heavy atom. The summed E-state index contributed by atoms with van der Waals surface area (Å²) in [7, 11) is 0. The third-order valence-corrected chi connectivity index (χ3v) is 6.87. The minimum Gasteiger partial charge on any atom is -0.419 e. The Balaban J connectivity index is 1.33. The molecule has 180 valence electrons. The zero-order valence-corrected chi connectivity index (χ0v) is 20.1. The van der Waals surface area contributed by atoms with Crippen LogP contribution >= 0.6 is 11.6 Å². The first-order valence-corrected chi connectivity index (χ1v) is 11.8. The molecule has 10 heteroatoms. The number of rotatable bonds is 6. The van der Waals surface area contributed by atoms with Crippen LogP contribution in [0.2, 0.25) is 5.02 Å². The number of amides is 4. The lowest BCUT2D eigenvalue weighted by Crippen LogP contribution is -2.46. The lowest BCUT2D eigenvalue weighted by atomic mass is 9.92. The molecule has 1 aliphatic carbocycles. The number of imide groups is 1. The number of fused-ring (bicyclic) bond motifs is 2. The van der Waals surface area contributed by atoms with E-state index in [4.69, 9.17) is 16.0 Å². The molecular weight excluding hydrogens is 470 g/mol. The topological polar surface area (TPSA) is 109 Å². The number of benzene rings is 2. The van der Waals surface area contributed by atoms with E-state index in [1.165, 1.54) is 4.90 Å². The molecule has 5 rings (SSSR count). The predicted molar refractivity (Wildman–Crippen MR) is 127 cm³/mol. The molecule has 3 aromatic rings. The van der Waals surface area contributed by atoms with Crippen molar-refractivity contribution in [3.63, 3.8) is 0 Å². The number of hydrogen-bond donors (Lipinski definition) is 1. The average molecular weight is 494 g/mol. The highest BCUT2D eigenvalue weighted by Crippen LogP contribution is 2.41. The summed E-state index contributed by atoms with van der Waals surface area (Å²) >= 11 is 6.21. The van der Waals surface area contributed by atoms with Crippen LogP contribution in [0.3, 0.4) is 0 Å². The van der Waals surface area contributed by atoms with Crippen molar-refractivity contribution in [2.24, 2.45) is 0 Å². The summed E-state index contributed by atoms with van der Waals surface area (Å²) in [6.07, 6.45) is 1.16. The Hall–Kier alpha value is -3.72. The van der Waals surface area contributed by atoms with Crippen molar-refractivity contribution >= 4 is 29.4 Å². The molecule has 1 unspecified atom stereocenters. The maximum atomic E-state index is 13.4. The second kappa shape index (κ2) is 8.81. The summed E-state index contributed by atoms with van der Waals surface area (Å²) in [5.74, 6) is -0.328. The van der Waals surface area contributed by atoms with E-state index in [1.54, 1.807) is 18.2 Å². The van der Waals surface area contributed by atoms with E-state index < -0.39 is 23.4 Å². The molecule has 1 saturated heterocycles. The molecule has 1 spiro atoms. The van der Waals surface area contributed by atoms with Gasteiger partial charge in [-0.15, -0.1) is 10.2 Å². The number of urea groups is 1. The van der Waals surface area contributed by atoms with Gasteiger partial charge in [-0.3, -0.25) is 14.5 Å². The van der Waals surface area contributed by atoms with Gasteiger partial charge in [-0.2, -0.15) is 0 Å². The molecule has 1 aliphatic heterocycles. The summed E-state index contributed by atoms with van der Waals surface area (Å²) in [6.45, 7) is 3.33. The summed E-state index contributed by atoms with van der Waals surface area (Å²) in [5, 5.41) is 11.4. The van der Waals surface area contributed by atoms with Crippen LogP contribution in [0.4, 0.5) is 4.79 Å². The predicted octanol–water partition coefficient (Wildman–Crippen LogP) is 3.52. The molecule has 35 heavy (non-hydrogen) atoms. The quantitative estimate of drug-likeness (QED) is 0.526. The van der Waals surface area contributed by atoms with Gasteiger partial charge in [0.2, 0.25) is 17.7 Å². The third kappa shape index (κ3) is 3.95. The number of nitrogens with zero attached hydrogens (tertiary/aromatic N) is 4. The lowest BCUT2D eigenvalue weighted by molar-refractivity contribution is -0.140. The van der Waals surface area contributed by atoms with Gasteiger partial charge in [0, 0.05) is 6.04 Å². The van der Waals surface area contributed by atoms with Crippen molar-refractivity contribution in [1.82, 2.24) is 25.3 Å². The zero-order chi connectivity index (χ0) is 24.7. The normalized spacial score (nSPS) is 18.9. The molecule has 1 fully saturated rings. The lowest BCUT2D eigenvalue weighted by Gasteiger charge is -2.27. The van der Waals surface area contributed by atoms with Gasteiger partial charge in [0.1, 0.15) is 12.1 Å². The van der Waals surface area contributed by atoms with Crippen molar-refractivity contribution in [3.05, 3.63) is 70.6 Å². The molecule has 2 heterocycles. The monoisotopic (exact) mass is 493 g/mol. The Bertz CT molecular complexity index is 1320. The van der Waals surface area contributed by atoms with Gasteiger partial charge in [-0.1, -0.05) is 48.0 Å². The van der Waals surface area contributed by atoms with Gasteiger partial charge in [-0.05, 0) is 49.9 Å². The smallest absolute Gasteiger partial charge is 0.325 e. The number of halogens is 1. The van der Waals surface area contributed by atoms with Crippen LogP contribution in [0.1, 0.15) is 37.3 Å². The fourth-order valence-corrected chi connectivity index (χ4v) is 4.94. The van der Waals surface area contributed by atoms with Gasteiger partial charge in [0.15, 0.2) is 0 Å². The number of carbonyl (C=O) groups is 3. The maximum Gasteiger partial charge on any atom is 0.325 e. The summed E-state index contributed by atoms with van der Waals surface area (Å²) in [6, 6.07) is 13.9. The number of hydrogen-bond acceptors (Lipinski definition) is 6. The fourth-order valence-electron chi connectivity index (χ4n) is 4.72. The highest BCUT2D eigenvalue weighted by Gasteiger charge is 2.55. The van der Waals surface area contributed by atoms with E-state index in [-0.39, 0.29) is 30.9 Å². The summed E-state index contributed by atoms with van der Waals surface area (Å²) < 4.78 is 5.75. The van der Waals surface area contributed by atoms with E-state index in [0.29, 0.717) is 23.4 Å². The van der Waals surface area contributed by atoms with Crippen molar-refractivity contribution < 1.29 is 18.8 Å². The van der Waals surface area contributed by atoms with Crippen LogP contribution in [0.15, 0.2) is 52.9 Å². The van der Waals surface area contributed by atoms with Gasteiger partial charge < -0.3 is 14.6 Å². The number of aromatic nitrogens is 2. The molecule has 2 aliphatic rings. The van der Waals surface area contributed by atoms with Crippen molar-refractivity contribution in [2.75, 3.05) is 6.54 Å². The Morgan fingerprint density at radius 3 is 2.69 bits per heavy atom. The first kappa shape index (κ1) is 23.0. The average Bonchev–Trinajstić information content (AvgIpc) is 3.52. The van der Waals surface area contributed by atoms with E-state index >= 15 is 0 Å². The van der Waals surface area contributed by atoms with Gasteiger partial charge in [-0.25, -0.2) is 4.79 Å². The molecule has 0 saturated carbocycles. The van der Waals surface area contributed by atoms with Crippen molar-refractivity contribution in [1.29, 1.82) is 0 Å². The van der Waals surface area contributed by atoms with Gasteiger partial charge >= 0.3 is 6.03 Å². The molecule has 1 N–H and O–H groups in total. The van der Waals surface area contributed by atoms with Crippen LogP contribution in [0, 0.1) is 0 Å². The zero-order valence-electron chi connectivity index (χ0n) is 19.3. The van der Waals surface area contributed by atoms with E-state index in [2.05, 4.69) is 15.5 Å². The number of nitrogens with one attached hydrogen (secondary N) is 1. The highest BCUT2D eigenvalue weighted by atomic mass is 35.5. The summed E-state index contributed by atoms with van der Waals surface area (Å²) in [5.41, 5.74) is 1.32. The van der Waals surface area contributed by atoms with Crippen molar-refractivity contribution in [3.8, 4) is 11.5 Å². The first-order valence-electron chi connectivity index (χ1n) is 11.4. The van der Waals surface area contributed by atoms with E-state index in [0.717, 1.165) is 16.0 Å². The van der Waals surface area contributed by atoms with Crippen LogP contribution in [-0.2, 0) is 28.1 Å². The first-order chi connectivity index (χ1) is 16.8. The van der Waals surface area contributed by atoms with Crippen LogP contribution < -0.4 is 5.32 Å². The summed E-state index contributed by atoms with van der Waals surface area (Å²) in [4.78, 5) is 42.0. The number of aryl methyl sites for hydroxylation is 1. The molecule has 1 atom stereocenters. The largest absolute Gasteiger partial charge is 0.419 e. The molecule has 0 bridgehead atoms. The molecule has 0 radical (unpaired) electrons. The SMILES string of the molecule is CC(C)N(Cc1nnc(-c2ccccc2Cl)o1)C(=O)CN1C(=O)NC2(CCc3ccccc32)C1=O. The minimum atomic E-state index is -1.10. The van der Waals surface area contributed by atoms with Gasteiger partial charge in [0.05, 0.1) is 17.1 Å². The molecule has 9 nitrogen and oxygen atoms in total. The number of carbonyl (C=O) groups excluding carboxylic acids is 3. The van der Waals surface area contributed by atoms with E-state index in [9.17, 15) is 14.4 Å².